The quantitative estimate of drug-likeness (QED) is 0.0123. The van der Waals surface area contributed by atoms with Gasteiger partial charge in [-0.1, -0.05) is 141 Å². The molecule has 0 N–H and O–H groups in total. The zero-order valence-electron chi connectivity index (χ0n) is 35.0. The summed E-state index contributed by atoms with van der Waals surface area (Å²) in [5.74, 6) is -0.791. The highest BCUT2D eigenvalue weighted by molar-refractivity contribution is 5.70. The number of nitro groups is 1. The van der Waals surface area contributed by atoms with E-state index >= 15 is 0 Å². The van der Waals surface area contributed by atoms with Crippen LogP contribution in [-0.2, 0) is 23.8 Å². The lowest BCUT2D eigenvalue weighted by Gasteiger charge is -2.18. The molecule has 0 bridgehead atoms. The van der Waals surface area contributed by atoms with Crippen LogP contribution in [0.25, 0.3) is 0 Å². The molecule has 0 aliphatic rings. The number of benzene rings is 1. The third-order valence-electron chi connectivity index (χ3n) is 9.66. The number of rotatable bonds is 37. The van der Waals surface area contributed by atoms with E-state index in [1.807, 2.05) is 0 Å². The van der Waals surface area contributed by atoms with Crippen molar-refractivity contribution in [2.75, 3.05) is 13.2 Å². The molecule has 0 amide bonds. The third kappa shape index (κ3) is 31.5. The lowest BCUT2D eigenvalue weighted by Crippen LogP contribution is -2.32. The van der Waals surface area contributed by atoms with E-state index in [1.54, 1.807) is 0 Å². The minimum atomic E-state index is -1.11. The molecule has 0 fully saturated rings. The molecule has 0 aromatic heterocycles. The smallest absolute Gasteiger partial charge is 0.462 e. The number of nitro benzene ring substituents is 1. The Hall–Kier alpha value is -3.69. The van der Waals surface area contributed by atoms with Crippen molar-refractivity contribution in [3.05, 3.63) is 58.7 Å². The highest BCUT2D eigenvalue weighted by Crippen LogP contribution is 2.18. The van der Waals surface area contributed by atoms with Gasteiger partial charge in [-0.15, -0.1) is 0 Å². The highest BCUT2D eigenvalue weighted by atomic mass is 16.7. The number of non-ortho nitro benzene ring substituents is 1. The molecule has 0 atom stereocenters. The molecule has 1 aromatic carbocycles. The molecule has 0 radical (unpaired) electrons. The van der Waals surface area contributed by atoms with E-state index in [2.05, 4.69) is 38.2 Å². The molecule has 0 aliphatic carbocycles. The molecule has 0 saturated heterocycles. The molecule has 318 valence electrons. The van der Waals surface area contributed by atoms with Crippen LogP contribution in [0, 0.1) is 10.1 Å². The number of carbonyl (C=O) groups excluding carboxylic acids is 3. The van der Waals surface area contributed by atoms with Gasteiger partial charge in [-0.3, -0.25) is 19.7 Å². The number of nitrogens with zero attached hydrogens (tertiary/aromatic N) is 1. The molecule has 0 unspecified atom stereocenters. The van der Waals surface area contributed by atoms with Crippen LogP contribution in [0.1, 0.15) is 194 Å². The molecule has 0 spiro atoms. The fourth-order valence-electron chi connectivity index (χ4n) is 6.20. The van der Waals surface area contributed by atoms with Crippen molar-refractivity contribution < 1.29 is 38.3 Å². The minimum Gasteiger partial charge on any atom is -0.462 e. The lowest BCUT2D eigenvalue weighted by atomic mass is 10.1. The predicted molar refractivity (Wildman–Crippen MR) is 225 cm³/mol. The maximum Gasteiger partial charge on any atom is 0.514 e. The summed E-state index contributed by atoms with van der Waals surface area (Å²) in [7, 11) is 0. The lowest BCUT2D eigenvalue weighted by molar-refractivity contribution is -0.384. The fraction of sp³-hybridized carbons (Fsp3) is 0.717. The zero-order chi connectivity index (χ0) is 40.7. The number of esters is 2. The molecule has 56 heavy (non-hydrogen) atoms. The van der Waals surface area contributed by atoms with Gasteiger partial charge in [-0.25, -0.2) is 4.79 Å². The van der Waals surface area contributed by atoms with Crippen LogP contribution in [0.2, 0.25) is 0 Å². The van der Waals surface area contributed by atoms with Gasteiger partial charge in [-0.2, -0.15) is 0 Å². The first kappa shape index (κ1) is 50.3. The first-order valence-corrected chi connectivity index (χ1v) is 22.1. The van der Waals surface area contributed by atoms with E-state index < -0.39 is 29.1 Å². The molecule has 1 aromatic rings. The summed E-state index contributed by atoms with van der Waals surface area (Å²) in [5.41, 5.74) is -0.153. The van der Waals surface area contributed by atoms with Crippen LogP contribution in [0.15, 0.2) is 48.6 Å². The van der Waals surface area contributed by atoms with E-state index in [4.69, 9.17) is 18.9 Å². The van der Waals surface area contributed by atoms with E-state index in [0.29, 0.717) is 12.8 Å². The van der Waals surface area contributed by atoms with Gasteiger partial charge in [0.25, 0.3) is 5.69 Å². The molecule has 1 rings (SSSR count). The molecule has 10 nitrogen and oxygen atoms in total. The summed E-state index contributed by atoms with van der Waals surface area (Å²) in [4.78, 5) is 47.8. The second-order valence-electron chi connectivity index (χ2n) is 14.9. The number of unbranched alkanes of at least 4 members (excludes halogenated alkanes) is 22. The second-order valence-corrected chi connectivity index (χ2v) is 14.9. The fourth-order valence-corrected chi connectivity index (χ4v) is 6.20. The van der Waals surface area contributed by atoms with Gasteiger partial charge in [0, 0.05) is 25.0 Å². The topological polar surface area (TPSA) is 131 Å². The van der Waals surface area contributed by atoms with Crippen molar-refractivity contribution in [3.8, 4) is 5.75 Å². The average molecular weight is 786 g/mol. The van der Waals surface area contributed by atoms with Crippen LogP contribution in [0.3, 0.4) is 0 Å². The van der Waals surface area contributed by atoms with Crippen LogP contribution in [-0.4, -0.2) is 42.3 Å². The molecule has 0 aliphatic heterocycles. The van der Waals surface area contributed by atoms with Gasteiger partial charge in [-0.05, 0) is 76.3 Å². The maximum absolute atomic E-state index is 12.5. The number of carbonyl (C=O) groups is 3. The van der Waals surface area contributed by atoms with Gasteiger partial charge in [0.1, 0.15) is 19.0 Å². The maximum atomic E-state index is 12.5. The molecule has 0 saturated carbocycles. The number of ether oxygens (including phenoxy) is 4. The van der Waals surface area contributed by atoms with Crippen LogP contribution < -0.4 is 4.74 Å². The Balaban J connectivity index is 2.33. The zero-order valence-corrected chi connectivity index (χ0v) is 35.0. The monoisotopic (exact) mass is 786 g/mol. The number of allylic oxidation sites excluding steroid dienone is 4. The van der Waals surface area contributed by atoms with Gasteiger partial charge < -0.3 is 18.9 Å². The summed E-state index contributed by atoms with van der Waals surface area (Å²) < 4.78 is 21.3. The van der Waals surface area contributed by atoms with Crippen molar-refractivity contribution in [1.82, 2.24) is 0 Å². The minimum absolute atomic E-state index is 0.0433. The Morgan fingerprint density at radius 3 is 1.29 bits per heavy atom. The first-order chi connectivity index (χ1) is 27.3. The molecule has 0 heterocycles. The molecule has 10 heteroatoms. The summed E-state index contributed by atoms with van der Waals surface area (Å²) in [6.45, 7) is 3.90. The Labute approximate surface area is 338 Å². The van der Waals surface area contributed by atoms with Crippen molar-refractivity contribution in [2.45, 2.75) is 200 Å². The Morgan fingerprint density at radius 2 is 0.911 bits per heavy atom. The normalized spacial score (nSPS) is 11.4. The van der Waals surface area contributed by atoms with E-state index in [-0.39, 0.29) is 37.5 Å². The van der Waals surface area contributed by atoms with Crippen molar-refractivity contribution >= 4 is 23.8 Å². The number of hydrogen-bond donors (Lipinski definition) is 0. The first-order valence-electron chi connectivity index (χ1n) is 22.1. The Kier molecular flexibility index (Phi) is 33.2. The molecular weight excluding hydrogens is 711 g/mol. The van der Waals surface area contributed by atoms with Gasteiger partial charge in [0.15, 0.2) is 6.10 Å². The second kappa shape index (κ2) is 36.9. The average Bonchev–Trinajstić information content (AvgIpc) is 3.19. The van der Waals surface area contributed by atoms with Gasteiger partial charge in [0.2, 0.25) is 0 Å². The predicted octanol–water partition coefficient (Wildman–Crippen LogP) is 13.6. The standard InChI is InChI=1S/C46H75NO9/c1-3-5-7-9-11-13-15-17-19-21-23-25-27-29-31-33-44(48)53-39-43(56-46(50)55-42-37-35-41(36-38-42)47(51)52)40-54-45(49)34-32-30-28-26-24-22-20-18-16-14-12-10-8-6-4-2/h17-20,35-38,43H,3-16,21-34,39-40H2,1-2H3/b19-17-,20-18-. The van der Waals surface area contributed by atoms with Crippen molar-refractivity contribution in [2.24, 2.45) is 0 Å². The SMILES string of the molecule is CCCCCCCC/C=C\CCCCCCCC(=O)OCC(COC(=O)CCCCCCC/C=C\CCCCCCCC)OC(=O)Oc1ccc([N+](=O)[O-])cc1. The van der Waals surface area contributed by atoms with Gasteiger partial charge in [0.05, 0.1) is 4.92 Å². The Morgan fingerprint density at radius 1 is 0.554 bits per heavy atom. The summed E-state index contributed by atoms with van der Waals surface area (Å²) in [6, 6.07) is 4.95. The largest absolute Gasteiger partial charge is 0.514 e. The van der Waals surface area contributed by atoms with Crippen molar-refractivity contribution in [1.29, 1.82) is 0 Å². The van der Waals surface area contributed by atoms with Crippen LogP contribution in [0.4, 0.5) is 10.5 Å². The van der Waals surface area contributed by atoms with E-state index in [9.17, 15) is 24.5 Å². The van der Waals surface area contributed by atoms with Crippen LogP contribution >= 0.6 is 0 Å². The van der Waals surface area contributed by atoms with Crippen molar-refractivity contribution in [3.63, 3.8) is 0 Å². The molecular formula is C46H75NO9. The number of hydrogen-bond acceptors (Lipinski definition) is 9. The Bertz CT molecular complexity index is 1140. The highest BCUT2D eigenvalue weighted by Gasteiger charge is 2.21. The summed E-state index contributed by atoms with van der Waals surface area (Å²) in [5, 5.41) is 10.9. The van der Waals surface area contributed by atoms with Crippen LogP contribution in [0.5, 0.6) is 5.75 Å². The summed E-state index contributed by atoms with van der Waals surface area (Å²) in [6.07, 6.45) is 37.7. The summed E-state index contributed by atoms with van der Waals surface area (Å²) >= 11 is 0. The van der Waals surface area contributed by atoms with E-state index in [0.717, 1.165) is 64.2 Å². The third-order valence-corrected chi connectivity index (χ3v) is 9.66. The van der Waals surface area contributed by atoms with E-state index in [1.165, 1.54) is 114 Å². The van der Waals surface area contributed by atoms with Gasteiger partial charge >= 0.3 is 18.1 Å².